The van der Waals surface area contributed by atoms with E-state index < -0.39 is 0 Å². The Morgan fingerprint density at radius 2 is 1.82 bits per heavy atom. The second kappa shape index (κ2) is 3.52. The van der Waals surface area contributed by atoms with Crippen LogP contribution in [0.4, 0.5) is 0 Å². The largest absolute Gasteiger partial charge is 0.0651 e. The quantitative estimate of drug-likeness (QED) is 0.632. The Kier molecular flexibility index (Phi) is 2.49. The van der Waals surface area contributed by atoms with Crippen LogP contribution in [0.25, 0.3) is 0 Å². The molecule has 4 aliphatic carbocycles. The zero-order valence-electron chi connectivity index (χ0n) is 12.4. The molecule has 0 heteroatoms. The molecule has 0 nitrogen and oxygen atoms in total. The first-order chi connectivity index (χ1) is 8.06. The van der Waals surface area contributed by atoms with E-state index in [1.807, 2.05) is 0 Å². The summed E-state index contributed by atoms with van der Waals surface area (Å²) in [7, 11) is 0. The van der Waals surface area contributed by atoms with Gasteiger partial charge in [0.2, 0.25) is 0 Å². The summed E-state index contributed by atoms with van der Waals surface area (Å²) in [6, 6.07) is 0. The highest BCUT2D eigenvalue weighted by molar-refractivity contribution is 5.28. The van der Waals surface area contributed by atoms with Crippen molar-refractivity contribution >= 4 is 0 Å². The third kappa shape index (κ3) is 1.00. The minimum absolute atomic E-state index is 0.703. The predicted molar refractivity (Wildman–Crippen MR) is 73.8 cm³/mol. The molecule has 5 unspecified atom stereocenters. The molecule has 2 bridgehead atoms. The van der Waals surface area contributed by atoms with E-state index >= 15 is 0 Å². The van der Waals surface area contributed by atoms with Gasteiger partial charge in [0.25, 0.3) is 0 Å². The van der Waals surface area contributed by atoms with Crippen LogP contribution in [0.3, 0.4) is 0 Å². The lowest BCUT2D eigenvalue weighted by atomic mass is 9.26. The molecule has 0 aromatic heterocycles. The molecule has 5 atom stereocenters. The van der Waals surface area contributed by atoms with Crippen molar-refractivity contribution in [3.8, 4) is 0 Å². The SMILES string of the molecule is CCC(CC)C1(C(C)C)C(C)C2C3CCC21C3. The van der Waals surface area contributed by atoms with Crippen molar-refractivity contribution in [1.82, 2.24) is 0 Å². The van der Waals surface area contributed by atoms with Gasteiger partial charge < -0.3 is 0 Å². The first kappa shape index (κ1) is 12.1. The van der Waals surface area contributed by atoms with Crippen LogP contribution >= 0.6 is 0 Å². The fourth-order valence-electron chi connectivity index (χ4n) is 7.55. The van der Waals surface area contributed by atoms with E-state index in [2.05, 4.69) is 34.6 Å². The van der Waals surface area contributed by atoms with E-state index in [1.165, 1.54) is 12.8 Å². The fraction of sp³-hybridized carbons (Fsp3) is 1.00. The molecular formula is C17H30. The summed E-state index contributed by atoms with van der Waals surface area (Å²) in [5.41, 5.74) is 1.51. The Hall–Kier alpha value is 0. The van der Waals surface area contributed by atoms with Crippen molar-refractivity contribution in [3.05, 3.63) is 0 Å². The van der Waals surface area contributed by atoms with E-state index in [0.717, 1.165) is 35.0 Å². The summed E-state index contributed by atoms with van der Waals surface area (Å²) in [6.07, 6.45) is 7.53. The van der Waals surface area contributed by atoms with Crippen molar-refractivity contribution in [2.24, 2.45) is 40.4 Å². The zero-order valence-corrected chi connectivity index (χ0v) is 12.4. The first-order valence-electron chi connectivity index (χ1n) is 8.06. The monoisotopic (exact) mass is 234 g/mol. The number of hydrogen-bond donors (Lipinski definition) is 0. The Morgan fingerprint density at radius 1 is 1.18 bits per heavy atom. The molecule has 0 amide bonds. The van der Waals surface area contributed by atoms with Gasteiger partial charge in [0.15, 0.2) is 0 Å². The molecule has 0 aromatic carbocycles. The molecular weight excluding hydrogens is 204 g/mol. The number of fused-ring (bicyclic) bond motifs is 1. The maximum absolute atomic E-state index is 2.60. The first-order valence-corrected chi connectivity index (χ1v) is 8.06. The number of hydrogen-bond acceptors (Lipinski definition) is 0. The summed E-state index contributed by atoms with van der Waals surface area (Å²) in [6.45, 7) is 12.5. The summed E-state index contributed by atoms with van der Waals surface area (Å²) < 4.78 is 0. The average molecular weight is 234 g/mol. The molecule has 0 N–H and O–H groups in total. The van der Waals surface area contributed by atoms with Crippen LogP contribution < -0.4 is 0 Å². The lowest BCUT2D eigenvalue weighted by Crippen LogP contribution is -2.73. The minimum Gasteiger partial charge on any atom is -0.0651 e. The van der Waals surface area contributed by atoms with Gasteiger partial charge in [-0.15, -0.1) is 0 Å². The number of rotatable bonds is 4. The van der Waals surface area contributed by atoms with Gasteiger partial charge in [0, 0.05) is 0 Å². The molecule has 4 aliphatic rings. The third-order valence-electron chi connectivity index (χ3n) is 7.50. The average Bonchev–Trinajstić information content (AvgIpc) is 2.82. The van der Waals surface area contributed by atoms with E-state index in [9.17, 15) is 0 Å². The Morgan fingerprint density at radius 3 is 2.29 bits per heavy atom. The maximum atomic E-state index is 2.60. The van der Waals surface area contributed by atoms with E-state index in [1.54, 1.807) is 19.3 Å². The topological polar surface area (TPSA) is 0 Å². The predicted octanol–water partition coefficient (Wildman–Crippen LogP) is 5.13. The smallest absolute Gasteiger partial charge is 0.0158 e. The fourth-order valence-corrected chi connectivity index (χ4v) is 7.55. The molecule has 0 radical (unpaired) electrons. The molecule has 98 valence electrons. The summed E-state index contributed by atoms with van der Waals surface area (Å²) in [4.78, 5) is 0. The summed E-state index contributed by atoms with van der Waals surface area (Å²) >= 11 is 0. The highest BCUT2D eigenvalue weighted by atomic mass is 14.8. The Labute approximate surface area is 108 Å². The van der Waals surface area contributed by atoms with Gasteiger partial charge in [0.1, 0.15) is 0 Å². The summed E-state index contributed by atoms with van der Waals surface area (Å²) in [5.74, 6) is 5.14. The van der Waals surface area contributed by atoms with Crippen LogP contribution in [0.5, 0.6) is 0 Å². The van der Waals surface area contributed by atoms with E-state index in [4.69, 9.17) is 0 Å². The van der Waals surface area contributed by atoms with Gasteiger partial charge in [-0.25, -0.2) is 0 Å². The molecule has 4 saturated carbocycles. The lowest BCUT2D eigenvalue weighted by Gasteiger charge is -2.78. The van der Waals surface area contributed by atoms with Gasteiger partial charge in [-0.1, -0.05) is 47.5 Å². The standard InChI is InChI=1S/C17H30/c1-6-14(7-2)17(11(3)4)12(5)15-13-8-9-16(15,17)10-13/h11-15H,6-10H2,1-5H3. The van der Waals surface area contributed by atoms with E-state index in [-0.39, 0.29) is 0 Å². The van der Waals surface area contributed by atoms with Crippen molar-refractivity contribution in [2.45, 2.75) is 66.7 Å². The Bertz CT molecular complexity index is 310. The normalized spacial score (nSPS) is 51.4. The maximum Gasteiger partial charge on any atom is -0.0158 e. The van der Waals surface area contributed by atoms with Crippen LogP contribution in [0.2, 0.25) is 0 Å². The second-order valence-corrected chi connectivity index (χ2v) is 7.57. The Balaban J connectivity index is 2.01. The van der Waals surface area contributed by atoms with Gasteiger partial charge in [-0.2, -0.15) is 0 Å². The highest BCUT2D eigenvalue weighted by Gasteiger charge is 2.80. The van der Waals surface area contributed by atoms with Crippen LogP contribution in [0.1, 0.15) is 66.7 Å². The van der Waals surface area contributed by atoms with Crippen LogP contribution in [0, 0.1) is 40.4 Å². The van der Waals surface area contributed by atoms with Gasteiger partial charge in [-0.05, 0) is 59.7 Å². The minimum atomic E-state index is 0.703. The van der Waals surface area contributed by atoms with Crippen LogP contribution in [-0.4, -0.2) is 0 Å². The molecule has 4 fully saturated rings. The van der Waals surface area contributed by atoms with Gasteiger partial charge in [0.05, 0.1) is 0 Å². The summed E-state index contributed by atoms with van der Waals surface area (Å²) in [5, 5.41) is 0. The zero-order chi connectivity index (χ0) is 12.4. The van der Waals surface area contributed by atoms with Crippen molar-refractivity contribution in [2.75, 3.05) is 0 Å². The lowest BCUT2D eigenvalue weighted by molar-refractivity contribution is -0.310. The molecule has 17 heavy (non-hydrogen) atoms. The van der Waals surface area contributed by atoms with Crippen molar-refractivity contribution in [3.63, 3.8) is 0 Å². The third-order valence-corrected chi connectivity index (χ3v) is 7.50. The van der Waals surface area contributed by atoms with Crippen molar-refractivity contribution in [1.29, 1.82) is 0 Å². The van der Waals surface area contributed by atoms with Crippen molar-refractivity contribution < 1.29 is 0 Å². The highest BCUT2D eigenvalue weighted by Crippen LogP contribution is 2.86. The van der Waals surface area contributed by atoms with Crippen LogP contribution in [0.15, 0.2) is 0 Å². The molecule has 0 aliphatic heterocycles. The molecule has 0 aromatic rings. The second-order valence-electron chi connectivity index (χ2n) is 7.57. The van der Waals surface area contributed by atoms with Gasteiger partial charge >= 0.3 is 0 Å². The molecule has 0 heterocycles. The van der Waals surface area contributed by atoms with Crippen LogP contribution in [-0.2, 0) is 0 Å². The molecule has 0 saturated heterocycles. The van der Waals surface area contributed by atoms with Gasteiger partial charge in [-0.3, -0.25) is 0 Å². The van der Waals surface area contributed by atoms with E-state index in [0.29, 0.717) is 5.41 Å². The molecule has 1 spiro atoms. The molecule has 4 rings (SSSR count).